The zero-order chi connectivity index (χ0) is 12.9. The smallest absolute Gasteiger partial charge is 0.0805 e. The van der Waals surface area contributed by atoms with Crippen LogP contribution in [0.1, 0.15) is 32.8 Å². The molecule has 0 fully saturated rings. The third kappa shape index (κ3) is 4.05. The summed E-state index contributed by atoms with van der Waals surface area (Å²) in [5, 5.41) is 0. The molecule has 1 aromatic heterocycles. The van der Waals surface area contributed by atoms with E-state index in [1.54, 1.807) is 6.20 Å². The molecule has 1 rings (SSSR count). The largest absolute Gasteiger partial charge is 0.374 e. The molecule has 0 saturated heterocycles. The third-order valence-electron chi connectivity index (χ3n) is 3.18. The van der Waals surface area contributed by atoms with E-state index >= 15 is 0 Å². The summed E-state index contributed by atoms with van der Waals surface area (Å²) in [5.74, 6) is 0. The SMILES string of the molecule is CCOC(C)(CC)C(N)Cc1cncc(Br)c1. The molecule has 96 valence electrons. The van der Waals surface area contributed by atoms with Gasteiger partial charge < -0.3 is 10.5 Å². The molecule has 0 aliphatic heterocycles. The number of aromatic nitrogens is 1. The number of nitrogens with zero attached hydrogens (tertiary/aromatic N) is 1. The van der Waals surface area contributed by atoms with Crippen molar-refractivity contribution >= 4 is 15.9 Å². The predicted octanol–water partition coefficient (Wildman–Crippen LogP) is 2.92. The lowest BCUT2D eigenvalue weighted by molar-refractivity contribution is -0.0461. The molecule has 3 nitrogen and oxygen atoms in total. The average molecular weight is 301 g/mol. The van der Waals surface area contributed by atoms with Crippen molar-refractivity contribution in [3.63, 3.8) is 0 Å². The van der Waals surface area contributed by atoms with Crippen LogP contribution in [0.15, 0.2) is 22.9 Å². The summed E-state index contributed by atoms with van der Waals surface area (Å²) in [6.45, 7) is 6.87. The maximum atomic E-state index is 6.26. The van der Waals surface area contributed by atoms with E-state index in [9.17, 15) is 0 Å². The van der Waals surface area contributed by atoms with Crippen LogP contribution in [0.25, 0.3) is 0 Å². The van der Waals surface area contributed by atoms with Crippen LogP contribution in [-0.4, -0.2) is 23.2 Å². The van der Waals surface area contributed by atoms with Crippen molar-refractivity contribution in [3.8, 4) is 0 Å². The Morgan fingerprint density at radius 2 is 2.18 bits per heavy atom. The molecule has 1 heterocycles. The minimum Gasteiger partial charge on any atom is -0.374 e. The van der Waals surface area contributed by atoms with Crippen LogP contribution in [-0.2, 0) is 11.2 Å². The fourth-order valence-electron chi connectivity index (χ4n) is 1.84. The molecule has 0 aliphatic rings. The van der Waals surface area contributed by atoms with Gasteiger partial charge in [-0.1, -0.05) is 6.92 Å². The molecule has 0 aliphatic carbocycles. The number of hydrogen-bond acceptors (Lipinski definition) is 3. The first-order valence-electron chi connectivity index (χ1n) is 6.00. The van der Waals surface area contributed by atoms with Gasteiger partial charge in [-0.15, -0.1) is 0 Å². The molecule has 0 bridgehead atoms. The lowest BCUT2D eigenvalue weighted by Gasteiger charge is -2.34. The fourth-order valence-corrected chi connectivity index (χ4v) is 2.25. The van der Waals surface area contributed by atoms with E-state index in [0.29, 0.717) is 6.61 Å². The van der Waals surface area contributed by atoms with E-state index in [0.717, 1.165) is 22.9 Å². The van der Waals surface area contributed by atoms with Gasteiger partial charge in [0.15, 0.2) is 0 Å². The highest BCUT2D eigenvalue weighted by molar-refractivity contribution is 9.10. The quantitative estimate of drug-likeness (QED) is 0.879. The first-order valence-corrected chi connectivity index (χ1v) is 6.80. The molecule has 2 unspecified atom stereocenters. The van der Waals surface area contributed by atoms with Crippen LogP contribution >= 0.6 is 15.9 Å². The Bertz CT molecular complexity index is 359. The van der Waals surface area contributed by atoms with E-state index in [1.165, 1.54) is 0 Å². The van der Waals surface area contributed by atoms with Crippen LogP contribution in [0.5, 0.6) is 0 Å². The number of hydrogen-bond donors (Lipinski definition) is 1. The second-order valence-corrected chi connectivity index (χ2v) is 5.34. The van der Waals surface area contributed by atoms with Crippen LogP contribution in [0.4, 0.5) is 0 Å². The number of rotatable bonds is 6. The van der Waals surface area contributed by atoms with Crippen LogP contribution in [0, 0.1) is 0 Å². The minimum atomic E-state index is -0.267. The molecular weight excluding hydrogens is 280 g/mol. The Labute approximate surface area is 112 Å². The Hall–Kier alpha value is -0.450. The van der Waals surface area contributed by atoms with Gasteiger partial charge in [0.1, 0.15) is 0 Å². The second kappa shape index (κ2) is 6.47. The van der Waals surface area contributed by atoms with Gasteiger partial charge in [0.25, 0.3) is 0 Å². The first kappa shape index (κ1) is 14.6. The van der Waals surface area contributed by atoms with E-state index in [4.69, 9.17) is 10.5 Å². The second-order valence-electron chi connectivity index (χ2n) is 4.42. The Kier molecular flexibility index (Phi) is 5.56. The number of nitrogens with two attached hydrogens (primary N) is 1. The van der Waals surface area contributed by atoms with E-state index < -0.39 is 0 Å². The zero-order valence-electron chi connectivity index (χ0n) is 10.7. The summed E-state index contributed by atoms with van der Waals surface area (Å²) >= 11 is 3.42. The highest BCUT2D eigenvalue weighted by Gasteiger charge is 2.30. The van der Waals surface area contributed by atoms with E-state index in [1.807, 2.05) is 13.1 Å². The summed E-state index contributed by atoms with van der Waals surface area (Å²) in [6.07, 6.45) is 5.31. The standard InChI is InChI=1S/C13H21BrN2O/c1-4-13(3,17-5-2)12(15)7-10-6-11(14)9-16-8-10/h6,8-9,12H,4-5,7,15H2,1-3H3. The molecule has 17 heavy (non-hydrogen) atoms. The van der Waals surface area contributed by atoms with Gasteiger partial charge in [-0.2, -0.15) is 0 Å². The van der Waals surface area contributed by atoms with Crippen molar-refractivity contribution in [1.82, 2.24) is 4.98 Å². The number of ether oxygens (including phenoxy) is 1. The van der Waals surface area contributed by atoms with Crippen molar-refractivity contribution in [1.29, 1.82) is 0 Å². The lowest BCUT2D eigenvalue weighted by Crippen LogP contribution is -2.48. The maximum absolute atomic E-state index is 6.26. The van der Waals surface area contributed by atoms with Crippen molar-refractivity contribution in [3.05, 3.63) is 28.5 Å². The molecule has 0 radical (unpaired) electrons. The Morgan fingerprint density at radius 1 is 1.47 bits per heavy atom. The molecule has 4 heteroatoms. The lowest BCUT2D eigenvalue weighted by atomic mass is 9.89. The van der Waals surface area contributed by atoms with E-state index in [2.05, 4.69) is 40.8 Å². The maximum Gasteiger partial charge on any atom is 0.0805 e. The zero-order valence-corrected chi connectivity index (χ0v) is 12.3. The summed E-state index contributed by atoms with van der Waals surface area (Å²) < 4.78 is 6.77. The highest BCUT2D eigenvalue weighted by Crippen LogP contribution is 2.22. The molecule has 0 amide bonds. The van der Waals surface area contributed by atoms with Gasteiger partial charge in [0.05, 0.1) is 5.60 Å². The van der Waals surface area contributed by atoms with Crippen LogP contribution in [0.2, 0.25) is 0 Å². The van der Waals surface area contributed by atoms with Crippen LogP contribution in [0.3, 0.4) is 0 Å². The van der Waals surface area contributed by atoms with Crippen molar-refractivity contribution < 1.29 is 4.74 Å². The molecule has 0 aromatic carbocycles. The van der Waals surface area contributed by atoms with Crippen LogP contribution < -0.4 is 5.73 Å². The number of halogens is 1. The molecular formula is C13H21BrN2O. The molecule has 2 atom stereocenters. The third-order valence-corrected chi connectivity index (χ3v) is 3.61. The summed E-state index contributed by atoms with van der Waals surface area (Å²) in [6, 6.07) is 2.03. The Balaban J connectivity index is 2.73. The molecule has 0 saturated carbocycles. The van der Waals surface area contributed by atoms with Gasteiger partial charge in [-0.3, -0.25) is 4.98 Å². The minimum absolute atomic E-state index is 0.0245. The van der Waals surface area contributed by atoms with E-state index in [-0.39, 0.29) is 11.6 Å². The molecule has 2 N–H and O–H groups in total. The summed E-state index contributed by atoms with van der Waals surface area (Å²) in [5.41, 5.74) is 7.13. The van der Waals surface area contributed by atoms with Gasteiger partial charge in [-0.05, 0) is 54.2 Å². The van der Waals surface area contributed by atoms with Gasteiger partial charge in [0.2, 0.25) is 0 Å². The predicted molar refractivity (Wildman–Crippen MR) is 73.9 cm³/mol. The monoisotopic (exact) mass is 300 g/mol. The topological polar surface area (TPSA) is 48.1 Å². The summed E-state index contributed by atoms with van der Waals surface area (Å²) in [4.78, 5) is 4.15. The molecule has 0 spiro atoms. The highest BCUT2D eigenvalue weighted by atomic mass is 79.9. The fraction of sp³-hybridized carbons (Fsp3) is 0.615. The Morgan fingerprint density at radius 3 is 2.71 bits per heavy atom. The number of pyridine rings is 1. The van der Waals surface area contributed by atoms with Crippen molar-refractivity contribution in [2.24, 2.45) is 5.73 Å². The summed E-state index contributed by atoms with van der Waals surface area (Å²) in [7, 11) is 0. The van der Waals surface area contributed by atoms with Gasteiger partial charge >= 0.3 is 0 Å². The van der Waals surface area contributed by atoms with Gasteiger partial charge in [-0.25, -0.2) is 0 Å². The first-order chi connectivity index (χ1) is 8.01. The van der Waals surface area contributed by atoms with Gasteiger partial charge in [0, 0.05) is 29.5 Å². The normalized spacial score (nSPS) is 16.5. The van der Waals surface area contributed by atoms with Crippen molar-refractivity contribution in [2.75, 3.05) is 6.61 Å². The van der Waals surface area contributed by atoms with Crippen molar-refractivity contribution in [2.45, 2.75) is 45.3 Å². The molecule has 1 aromatic rings. The average Bonchev–Trinajstić information content (AvgIpc) is 2.29.